The monoisotopic (exact) mass is 504 g/mol. The van der Waals surface area contributed by atoms with Gasteiger partial charge in [-0.2, -0.15) is 4.99 Å². The molecule has 2 aromatic carbocycles. The molecular weight excluding hydrogens is 487 g/mol. The number of aliphatic imine (C=N–C) groups is 1. The molecule has 10 heteroatoms. The predicted octanol–water partition coefficient (Wildman–Crippen LogP) is 6.10. The van der Waals surface area contributed by atoms with Gasteiger partial charge in [-0.25, -0.2) is 4.98 Å². The molecule has 0 bridgehead atoms. The van der Waals surface area contributed by atoms with Crippen LogP contribution in [0.15, 0.2) is 58.9 Å². The molecule has 1 aliphatic heterocycles. The Morgan fingerprint density at radius 1 is 1.19 bits per heavy atom. The van der Waals surface area contributed by atoms with Crippen LogP contribution in [0.1, 0.15) is 13.3 Å². The Kier molecular flexibility index (Phi) is 7.15. The van der Waals surface area contributed by atoms with Crippen molar-refractivity contribution in [2.24, 2.45) is 4.99 Å². The molecule has 6 nitrogen and oxygen atoms in total. The minimum Gasteiger partial charge on any atom is -0.325 e. The van der Waals surface area contributed by atoms with Gasteiger partial charge in [0.15, 0.2) is 5.17 Å². The first-order valence-electron chi connectivity index (χ1n) is 9.77. The van der Waals surface area contributed by atoms with E-state index in [-0.39, 0.29) is 23.3 Å². The number of anilines is 1. The largest absolute Gasteiger partial charge is 0.325 e. The molecule has 1 saturated heterocycles. The van der Waals surface area contributed by atoms with Crippen LogP contribution in [-0.4, -0.2) is 38.7 Å². The number of hydrogen-bond acceptors (Lipinski definition) is 6. The van der Waals surface area contributed by atoms with Gasteiger partial charge in [0.2, 0.25) is 16.9 Å². The molecule has 0 aliphatic carbocycles. The number of aromatic nitrogens is 1. The van der Waals surface area contributed by atoms with Crippen LogP contribution < -0.4 is 5.32 Å². The number of thioether (sulfide) groups is 1. The highest BCUT2D eigenvalue weighted by atomic mass is 35.5. The second-order valence-corrected chi connectivity index (χ2v) is 9.61. The van der Waals surface area contributed by atoms with Gasteiger partial charge in [0, 0.05) is 23.9 Å². The minimum atomic E-state index is -0.569. The molecule has 32 heavy (non-hydrogen) atoms. The highest BCUT2D eigenvalue weighted by Crippen LogP contribution is 2.34. The quantitative estimate of drug-likeness (QED) is 0.440. The Labute approximate surface area is 203 Å². The first-order valence-corrected chi connectivity index (χ1v) is 12.3. The molecule has 1 aliphatic rings. The highest BCUT2D eigenvalue weighted by Gasteiger charge is 2.38. The van der Waals surface area contributed by atoms with E-state index >= 15 is 0 Å². The molecule has 2 heterocycles. The van der Waals surface area contributed by atoms with Crippen molar-refractivity contribution >= 4 is 74.1 Å². The first kappa shape index (κ1) is 22.8. The number of hydrogen-bond donors (Lipinski definition) is 1. The van der Waals surface area contributed by atoms with Crippen LogP contribution in [0.25, 0.3) is 11.3 Å². The summed E-state index contributed by atoms with van der Waals surface area (Å²) in [7, 11) is 0. The maximum absolute atomic E-state index is 12.9. The molecule has 0 saturated carbocycles. The van der Waals surface area contributed by atoms with Crippen LogP contribution >= 0.6 is 46.3 Å². The van der Waals surface area contributed by atoms with Crippen molar-refractivity contribution in [3.05, 3.63) is 64.0 Å². The van der Waals surface area contributed by atoms with E-state index in [9.17, 15) is 9.59 Å². The van der Waals surface area contributed by atoms with Gasteiger partial charge in [0.05, 0.1) is 21.4 Å². The van der Waals surface area contributed by atoms with Crippen molar-refractivity contribution in [1.29, 1.82) is 0 Å². The summed E-state index contributed by atoms with van der Waals surface area (Å²) in [6.45, 7) is 2.33. The van der Waals surface area contributed by atoms with Crippen LogP contribution in [0, 0.1) is 0 Å². The van der Waals surface area contributed by atoms with E-state index in [1.807, 2.05) is 42.6 Å². The topological polar surface area (TPSA) is 74.7 Å². The molecule has 164 valence electrons. The average Bonchev–Trinajstić information content (AvgIpc) is 3.37. The number of amidine groups is 1. The van der Waals surface area contributed by atoms with E-state index in [2.05, 4.69) is 15.3 Å². The summed E-state index contributed by atoms with van der Waals surface area (Å²) in [5, 5.41) is 5.82. The fourth-order valence-electron chi connectivity index (χ4n) is 3.13. The third kappa shape index (κ3) is 4.99. The van der Waals surface area contributed by atoms with Crippen LogP contribution in [0.4, 0.5) is 10.8 Å². The van der Waals surface area contributed by atoms with E-state index in [0.717, 1.165) is 11.3 Å². The second-order valence-electron chi connectivity index (χ2n) is 6.82. The molecule has 1 atom stereocenters. The van der Waals surface area contributed by atoms with Gasteiger partial charge >= 0.3 is 0 Å². The molecule has 2 amide bonds. The summed E-state index contributed by atoms with van der Waals surface area (Å²) in [5.41, 5.74) is 2.26. The molecular formula is C22H18Cl2N4O2S2. The van der Waals surface area contributed by atoms with Gasteiger partial charge in [0.25, 0.3) is 0 Å². The van der Waals surface area contributed by atoms with Crippen molar-refractivity contribution in [2.75, 3.05) is 11.9 Å². The van der Waals surface area contributed by atoms with E-state index in [1.54, 1.807) is 23.1 Å². The van der Waals surface area contributed by atoms with Crippen molar-refractivity contribution in [1.82, 2.24) is 9.88 Å². The van der Waals surface area contributed by atoms with Crippen LogP contribution in [0.2, 0.25) is 10.0 Å². The Hall–Kier alpha value is -2.39. The number of carbonyl (C=O) groups is 2. The fourth-order valence-corrected chi connectivity index (χ4v) is 5.43. The van der Waals surface area contributed by atoms with Gasteiger partial charge < -0.3 is 5.32 Å². The summed E-state index contributed by atoms with van der Waals surface area (Å²) in [6.07, 6.45) is -0.00496. The van der Waals surface area contributed by atoms with Crippen LogP contribution in [0.3, 0.4) is 0 Å². The molecule has 0 radical (unpaired) electrons. The lowest BCUT2D eigenvalue weighted by Crippen LogP contribution is -2.33. The number of benzene rings is 2. The Morgan fingerprint density at radius 2 is 1.97 bits per heavy atom. The summed E-state index contributed by atoms with van der Waals surface area (Å²) in [6, 6.07) is 14.8. The maximum Gasteiger partial charge on any atom is 0.242 e. The summed E-state index contributed by atoms with van der Waals surface area (Å²) >= 11 is 14.8. The molecule has 4 rings (SSSR count). The summed E-state index contributed by atoms with van der Waals surface area (Å²) in [4.78, 5) is 36.2. The van der Waals surface area contributed by atoms with Crippen LogP contribution in [0.5, 0.6) is 0 Å². The smallest absolute Gasteiger partial charge is 0.242 e. The lowest BCUT2D eigenvalue weighted by Gasteiger charge is -2.13. The summed E-state index contributed by atoms with van der Waals surface area (Å²) in [5.74, 6) is -0.471. The number of nitrogens with one attached hydrogen (secondary N) is 1. The van der Waals surface area contributed by atoms with Crippen molar-refractivity contribution in [3.8, 4) is 11.3 Å². The average molecular weight is 505 g/mol. The lowest BCUT2D eigenvalue weighted by atomic mass is 10.2. The van der Waals surface area contributed by atoms with Gasteiger partial charge in [-0.3, -0.25) is 14.5 Å². The highest BCUT2D eigenvalue weighted by molar-refractivity contribution is 8.15. The molecule has 1 N–H and O–H groups in total. The number of amides is 2. The van der Waals surface area contributed by atoms with E-state index in [0.29, 0.717) is 27.6 Å². The zero-order valence-electron chi connectivity index (χ0n) is 16.9. The zero-order chi connectivity index (χ0) is 22.7. The molecule has 3 aromatic rings. The van der Waals surface area contributed by atoms with Crippen LogP contribution in [-0.2, 0) is 9.59 Å². The van der Waals surface area contributed by atoms with E-state index < -0.39 is 5.25 Å². The molecule has 1 aromatic heterocycles. The third-order valence-electron chi connectivity index (χ3n) is 4.69. The van der Waals surface area contributed by atoms with E-state index in [4.69, 9.17) is 23.2 Å². The van der Waals surface area contributed by atoms with Crippen molar-refractivity contribution in [2.45, 2.75) is 18.6 Å². The Morgan fingerprint density at radius 3 is 2.72 bits per heavy atom. The standard InChI is InChI=1S/C22H18Cl2N4O2S2/c1-2-28-20(30)17(11-18(29)25-15-10-6-9-14(23)19(15)24)32-22(28)27-21-26-16(12-31-21)13-7-4-3-5-8-13/h3-10,12,17H,2,11H2,1H3,(H,25,29)/b27-22+. The van der Waals surface area contributed by atoms with E-state index in [1.165, 1.54) is 23.1 Å². The molecule has 1 unspecified atom stereocenters. The van der Waals surface area contributed by atoms with Crippen molar-refractivity contribution < 1.29 is 9.59 Å². The van der Waals surface area contributed by atoms with Crippen molar-refractivity contribution in [3.63, 3.8) is 0 Å². The lowest BCUT2D eigenvalue weighted by molar-refractivity contribution is -0.128. The number of thiazole rings is 1. The Bertz CT molecular complexity index is 1180. The van der Waals surface area contributed by atoms with Gasteiger partial charge in [0.1, 0.15) is 5.25 Å². The number of halogens is 2. The third-order valence-corrected chi connectivity index (χ3v) is 7.41. The predicted molar refractivity (Wildman–Crippen MR) is 133 cm³/mol. The maximum atomic E-state index is 12.9. The molecule has 1 fully saturated rings. The first-order chi connectivity index (χ1) is 15.5. The van der Waals surface area contributed by atoms with Gasteiger partial charge in [-0.1, -0.05) is 71.4 Å². The van der Waals surface area contributed by atoms with Gasteiger partial charge in [-0.05, 0) is 19.1 Å². The molecule has 0 spiro atoms. The second kappa shape index (κ2) is 10.0. The number of nitrogens with zero attached hydrogens (tertiary/aromatic N) is 3. The summed E-state index contributed by atoms with van der Waals surface area (Å²) < 4.78 is 0. The SMILES string of the molecule is CCN1C(=O)C(CC(=O)Nc2cccc(Cl)c2Cl)S/C1=N/c1nc(-c2ccccc2)cs1. The number of rotatable bonds is 6. The normalized spacial score (nSPS) is 17.2. The fraction of sp³-hybridized carbons (Fsp3) is 0.182. The Balaban J connectivity index is 1.47. The number of carbonyl (C=O) groups excluding carboxylic acids is 2. The van der Waals surface area contributed by atoms with Gasteiger partial charge in [-0.15, -0.1) is 11.3 Å². The minimum absolute atomic E-state index is 0.00496. The zero-order valence-corrected chi connectivity index (χ0v) is 20.1.